The van der Waals surface area contributed by atoms with E-state index in [0.717, 1.165) is 17.0 Å². The maximum Gasteiger partial charge on any atom is 0.501 e. The monoisotopic (exact) mass is 534 g/mol. The number of amides is 5. The quantitative estimate of drug-likeness (QED) is 0.462. The van der Waals surface area contributed by atoms with E-state index in [1.807, 2.05) is 0 Å². The van der Waals surface area contributed by atoms with Gasteiger partial charge in [-0.3, -0.25) is 15.4 Å². The molecule has 0 bridgehead atoms. The molecule has 4 rings (SSSR count). The van der Waals surface area contributed by atoms with Crippen LogP contribution in [0.4, 0.5) is 40.1 Å². The number of nitrogens with zero attached hydrogens (tertiary/aromatic N) is 4. The molecule has 0 atom stereocenters. The highest BCUT2D eigenvalue weighted by Gasteiger charge is 2.47. The van der Waals surface area contributed by atoms with Crippen molar-refractivity contribution in [3.05, 3.63) is 72.6 Å². The predicted molar refractivity (Wildman–Crippen MR) is 124 cm³/mol. The van der Waals surface area contributed by atoms with Crippen LogP contribution in [0.25, 0.3) is 0 Å². The van der Waals surface area contributed by atoms with Crippen LogP contribution in [0.5, 0.6) is 0 Å². The molecule has 0 unspecified atom stereocenters. The van der Waals surface area contributed by atoms with Crippen LogP contribution in [0.2, 0.25) is 0 Å². The number of carbonyl (C=O) groups excluding carboxylic acids is 3. The number of sulfone groups is 1. The number of benzene rings is 1. The number of imide groups is 1. The van der Waals surface area contributed by atoms with Gasteiger partial charge in [-0.05, 0) is 54.1 Å². The maximum atomic E-state index is 12.9. The lowest BCUT2D eigenvalue weighted by atomic mass is 10.2. The van der Waals surface area contributed by atoms with Gasteiger partial charge in [0.15, 0.2) is 0 Å². The third-order valence-electron chi connectivity index (χ3n) is 5.09. The average Bonchev–Trinajstić information content (AvgIpc) is 3.11. The topological polar surface area (TPSA) is 142 Å². The standard InChI is InChI=1S/C22H17F3N6O5S/c23-22(24,25)37(35,36)16-6-4-15(5-7-16)31-19(32)13-30(21(31)34)12-14-8-10-27-18(11-14)29-20(33)28-17-3-1-2-9-26-17/h1-11H,12-13H2,(H2,26,27,28,29,33). The second-order valence-corrected chi connectivity index (χ2v) is 9.60. The summed E-state index contributed by atoms with van der Waals surface area (Å²) in [5.41, 5.74) is -5.04. The van der Waals surface area contributed by atoms with Crippen molar-refractivity contribution in [1.29, 1.82) is 0 Å². The van der Waals surface area contributed by atoms with Gasteiger partial charge in [0.1, 0.15) is 18.2 Å². The van der Waals surface area contributed by atoms with Crippen LogP contribution in [0.3, 0.4) is 0 Å². The second kappa shape index (κ2) is 9.85. The minimum Gasteiger partial charge on any atom is -0.310 e. The van der Waals surface area contributed by atoms with E-state index in [1.54, 1.807) is 24.3 Å². The Morgan fingerprint density at radius 2 is 1.62 bits per heavy atom. The molecule has 0 saturated carbocycles. The zero-order chi connectivity index (χ0) is 26.8. The Morgan fingerprint density at radius 1 is 0.946 bits per heavy atom. The molecule has 1 fully saturated rings. The summed E-state index contributed by atoms with van der Waals surface area (Å²) in [7, 11) is -5.57. The Labute approximate surface area is 207 Å². The smallest absolute Gasteiger partial charge is 0.310 e. The minimum absolute atomic E-state index is 0.0410. The van der Waals surface area contributed by atoms with Crippen LogP contribution in [0, 0.1) is 0 Å². The van der Waals surface area contributed by atoms with Crippen molar-refractivity contribution >= 4 is 45.1 Å². The van der Waals surface area contributed by atoms with Crippen molar-refractivity contribution in [3.63, 3.8) is 0 Å². The summed E-state index contributed by atoms with van der Waals surface area (Å²) >= 11 is 0. The summed E-state index contributed by atoms with van der Waals surface area (Å²) in [5, 5.41) is 5.05. The molecule has 37 heavy (non-hydrogen) atoms. The van der Waals surface area contributed by atoms with E-state index in [0.29, 0.717) is 23.5 Å². The number of alkyl halides is 3. The van der Waals surface area contributed by atoms with Crippen LogP contribution in [-0.2, 0) is 21.2 Å². The van der Waals surface area contributed by atoms with Crippen molar-refractivity contribution in [2.75, 3.05) is 22.1 Å². The molecule has 0 spiro atoms. The summed E-state index contributed by atoms with van der Waals surface area (Å²) < 4.78 is 61.3. The summed E-state index contributed by atoms with van der Waals surface area (Å²) in [6.45, 7) is -0.368. The minimum atomic E-state index is -5.57. The van der Waals surface area contributed by atoms with Gasteiger partial charge in [0.2, 0.25) is 0 Å². The number of aromatic nitrogens is 2. The molecule has 15 heteroatoms. The van der Waals surface area contributed by atoms with Crippen LogP contribution in [0.1, 0.15) is 5.56 Å². The number of hydrogen-bond acceptors (Lipinski definition) is 7. The fraction of sp³-hybridized carbons (Fsp3) is 0.136. The molecule has 0 radical (unpaired) electrons. The number of carbonyl (C=O) groups is 3. The van der Waals surface area contributed by atoms with E-state index in [2.05, 4.69) is 20.6 Å². The molecule has 3 aromatic rings. The molecular formula is C22H17F3N6O5S. The first-order chi connectivity index (χ1) is 17.5. The number of hydrogen-bond donors (Lipinski definition) is 2. The Bertz CT molecular complexity index is 1450. The molecule has 11 nitrogen and oxygen atoms in total. The van der Waals surface area contributed by atoms with Crippen molar-refractivity contribution in [2.24, 2.45) is 0 Å². The van der Waals surface area contributed by atoms with Gasteiger partial charge in [-0.1, -0.05) is 6.07 Å². The number of rotatable bonds is 6. The Morgan fingerprint density at radius 3 is 2.27 bits per heavy atom. The normalized spacial score (nSPS) is 14.1. The number of urea groups is 2. The first-order valence-electron chi connectivity index (χ1n) is 10.4. The van der Waals surface area contributed by atoms with Crippen molar-refractivity contribution < 1.29 is 36.0 Å². The highest BCUT2D eigenvalue weighted by Crippen LogP contribution is 2.32. The average molecular weight is 534 g/mol. The molecule has 2 aromatic heterocycles. The molecule has 2 N–H and O–H groups in total. The summed E-state index contributed by atoms with van der Waals surface area (Å²) in [6, 6.07) is 9.94. The molecule has 3 heterocycles. The van der Waals surface area contributed by atoms with Crippen LogP contribution >= 0.6 is 0 Å². The van der Waals surface area contributed by atoms with E-state index in [-0.39, 0.29) is 24.6 Å². The zero-order valence-corrected chi connectivity index (χ0v) is 19.5. The summed E-state index contributed by atoms with van der Waals surface area (Å²) in [6.07, 6.45) is 2.90. The summed E-state index contributed by atoms with van der Waals surface area (Å²) in [5.74, 6) is -0.165. The van der Waals surface area contributed by atoms with Crippen LogP contribution in [-0.4, -0.2) is 53.3 Å². The summed E-state index contributed by atoms with van der Waals surface area (Å²) in [4.78, 5) is 46.4. The Kier molecular flexibility index (Phi) is 6.80. The molecular weight excluding hydrogens is 517 g/mol. The largest absolute Gasteiger partial charge is 0.501 e. The fourth-order valence-electron chi connectivity index (χ4n) is 3.40. The predicted octanol–water partition coefficient (Wildman–Crippen LogP) is 3.38. The van der Waals surface area contributed by atoms with Gasteiger partial charge in [0, 0.05) is 18.9 Å². The molecule has 1 aliphatic heterocycles. The van der Waals surface area contributed by atoms with E-state index in [9.17, 15) is 36.0 Å². The number of halogens is 3. The lowest BCUT2D eigenvalue weighted by Crippen LogP contribution is -2.33. The highest BCUT2D eigenvalue weighted by molar-refractivity contribution is 7.92. The molecule has 192 valence electrons. The molecule has 5 amide bonds. The molecule has 1 aliphatic rings. The van der Waals surface area contributed by atoms with Gasteiger partial charge >= 0.3 is 17.6 Å². The Balaban J connectivity index is 1.43. The van der Waals surface area contributed by atoms with E-state index < -0.39 is 38.2 Å². The number of anilines is 3. The van der Waals surface area contributed by atoms with Gasteiger partial charge in [-0.2, -0.15) is 13.2 Å². The van der Waals surface area contributed by atoms with Gasteiger partial charge in [-0.25, -0.2) is 32.9 Å². The van der Waals surface area contributed by atoms with E-state index in [1.165, 1.54) is 23.4 Å². The van der Waals surface area contributed by atoms with Gasteiger partial charge < -0.3 is 4.90 Å². The lowest BCUT2D eigenvalue weighted by Gasteiger charge is -2.18. The molecule has 1 aromatic carbocycles. The number of nitrogens with one attached hydrogen (secondary N) is 2. The highest BCUT2D eigenvalue weighted by atomic mass is 32.2. The first-order valence-corrected chi connectivity index (χ1v) is 11.9. The van der Waals surface area contributed by atoms with Crippen LogP contribution in [0.15, 0.2) is 71.9 Å². The van der Waals surface area contributed by atoms with Gasteiger partial charge in [0.25, 0.3) is 15.7 Å². The third-order valence-corrected chi connectivity index (χ3v) is 6.60. The maximum absolute atomic E-state index is 12.9. The van der Waals surface area contributed by atoms with Crippen molar-refractivity contribution in [1.82, 2.24) is 14.9 Å². The second-order valence-electron chi connectivity index (χ2n) is 7.65. The molecule has 0 aliphatic carbocycles. The zero-order valence-electron chi connectivity index (χ0n) is 18.6. The first kappa shape index (κ1) is 25.6. The van der Waals surface area contributed by atoms with Crippen LogP contribution < -0.4 is 15.5 Å². The van der Waals surface area contributed by atoms with Gasteiger partial charge in [-0.15, -0.1) is 0 Å². The van der Waals surface area contributed by atoms with E-state index in [4.69, 9.17) is 0 Å². The van der Waals surface area contributed by atoms with Crippen molar-refractivity contribution in [3.8, 4) is 0 Å². The van der Waals surface area contributed by atoms with Crippen molar-refractivity contribution in [2.45, 2.75) is 16.9 Å². The SMILES string of the molecule is O=C(Nc1ccccn1)Nc1cc(CN2CC(=O)N(c3ccc(S(=O)(=O)C(F)(F)F)cc3)C2=O)ccn1. The third kappa shape index (κ3) is 5.50. The number of pyridine rings is 2. The van der Waals surface area contributed by atoms with Gasteiger partial charge in [0.05, 0.1) is 10.6 Å². The Hall–Kier alpha value is -4.53. The lowest BCUT2D eigenvalue weighted by molar-refractivity contribution is -0.116. The fourth-order valence-corrected chi connectivity index (χ4v) is 4.16. The van der Waals surface area contributed by atoms with E-state index >= 15 is 0 Å². The molecule has 1 saturated heterocycles.